The molecule has 4 heteroatoms. The molecule has 164 valence electrons. The fourth-order valence-corrected chi connectivity index (χ4v) is 2.35. The molecule has 0 aliphatic carbocycles. The summed E-state index contributed by atoms with van der Waals surface area (Å²) in [5.41, 5.74) is 0. The van der Waals surface area contributed by atoms with Gasteiger partial charge in [-0.2, -0.15) is 0 Å². The van der Waals surface area contributed by atoms with Crippen LogP contribution in [0.2, 0.25) is 0 Å². The van der Waals surface area contributed by atoms with Gasteiger partial charge in [-0.15, -0.1) is 0 Å². The highest BCUT2D eigenvalue weighted by Gasteiger charge is 2.07. The van der Waals surface area contributed by atoms with Gasteiger partial charge in [0.05, 0.1) is 0 Å². The van der Waals surface area contributed by atoms with Gasteiger partial charge in [-0.3, -0.25) is 0 Å². The van der Waals surface area contributed by atoms with Crippen molar-refractivity contribution in [1.29, 1.82) is 0 Å². The largest absolute Gasteiger partial charge is 0.305 e. The van der Waals surface area contributed by atoms with Crippen molar-refractivity contribution in [2.45, 2.75) is 68.2 Å². The average molecular weight is 377 g/mol. The van der Waals surface area contributed by atoms with E-state index in [1.54, 1.807) is 0 Å². The minimum Gasteiger partial charge on any atom is -0.305 e. The maximum absolute atomic E-state index is 2.46. The molecule has 0 aromatic heterocycles. The summed E-state index contributed by atoms with van der Waals surface area (Å²) in [6, 6.07) is 0. The molecule has 0 spiro atoms. The van der Waals surface area contributed by atoms with Crippen LogP contribution in [-0.2, 0) is 0 Å². The molecule has 0 radical (unpaired) electrons. The van der Waals surface area contributed by atoms with Gasteiger partial charge in [0.1, 0.15) is 0 Å². The summed E-state index contributed by atoms with van der Waals surface area (Å²) >= 11 is 0. The van der Waals surface area contributed by atoms with Gasteiger partial charge in [0.25, 0.3) is 0 Å². The molecule has 1 aliphatic rings. The number of nitrogens with zero attached hydrogens (tertiary/aromatic N) is 4. The lowest BCUT2D eigenvalue weighted by Gasteiger charge is -2.26. The van der Waals surface area contributed by atoms with Crippen LogP contribution < -0.4 is 0 Å². The second-order valence-corrected chi connectivity index (χ2v) is 5.92. The van der Waals surface area contributed by atoms with Crippen LogP contribution in [-0.4, -0.2) is 100 Å². The third-order valence-electron chi connectivity index (χ3n) is 3.89. The highest BCUT2D eigenvalue weighted by molar-refractivity contribution is 4.63. The minimum atomic E-state index is 1.19. The Morgan fingerprint density at radius 3 is 0.615 bits per heavy atom. The van der Waals surface area contributed by atoms with Crippen LogP contribution >= 0.6 is 0 Å². The van der Waals surface area contributed by atoms with Crippen molar-refractivity contribution >= 4 is 0 Å². The summed E-state index contributed by atoms with van der Waals surface area (Å²) in [4.78, 5) is 9.84. The molecule has 0 unspecified atom stereocenters. The molecule has 4 nitrogen and oxygen atoms in total. The van der Waals surface area contributed by atoms with E-state index in [9.17, 15) is 0 Å². The van der Waals surface area contributed by atoms with E-state index < -0.39 is 0 Å². The molecule has 0 bridgehead atoms. The van der Waals surface area contributed by atoms with Gasteiger partial charge < -0.3 is 19.6 Å². The van der Waals surface area contributed by atoms with Crippen LogP contribution in [0.4, 0.5) is 0 Å². The lowest BCUT2D eigenvalue weighted by atomic mass is 10.3. The van der Waals surface area contributed by atoms with Crippen molar-refractivity contribution in [3.63, 3.8) is 0 Å². The van der Waals surface area contributed by atoms with Gasteiger partial charge in [-0.1, -0.05) is 55.4 Å². The first-order valence-electron chi connectivity index (χ1n) is 11.3. The normalized spacial score (nSPS) is 18.9. The molecule has 1 heterocycles. The van der Waals surface area contributed by atoms with E-state index in [1.165, 1.54) is 65.2 Å². The average Bonchev–Trinajstić information content (AvgIpc) is 2.70. The van der Waals surface area contributed by atoms with Crippen molar-refractivity contribution < 1.29 is 0 Å². The molecular weight excluding hydrogens is 320 g/mol. The molecule has 0 aromatic carbocycles. The zero-order chi connectivity index (χ0) is 21.4. The molecule has 1 saturated heterocycles. The maximum Gasteiger partial charge on any atom is 0.0106 e. The van der Waals surface area contributed by atoms with Crippen LogP contribution in [0, 0.1) is 0 Å². The smallest absolute Gasteiger partial charge is 0.0106 e. The maximum atomic E-state index is 2.46. The first-order chi connectivity index (χ1) is 12.6. The van der Waals surface area contributed by atoms with Crippen molar-refractivity contribution in [3.05, 3.63) is 0 Å². The third-order valence-corrected chi connectivity index (χ3v) is 3.89. The Bertz CT molecular complexity index is 170. The first kappa shape index (κ1) is 33.4. The molecule has 0 saturated carbocycles. The lowest BCUT2D eigenvalue weighted by molar-refractivity contribution is 0.206. The van der Waals surface area contributed by atoms with Gasteiger partial charge in [0.15, 0.2) is 0 Å². The summed E-state index contributed by atoms with van der Waals surface area (Å²) in [5.74, 6) is 0. The Morgan fingerprint density at radius 2 is 0.462 bits per heavy atom. The quantitative estimate of drug-likeness (QED) is 0.612. The summed E-state index contributed by atoms with van der Waals surface area (Å²) < 4.78 is 0. The van der Waals surface area contributed by atoms with Crippen LogP contribution in [0.15, 0.2) is 0 Å². The summed E-state index contributed by atoms with van der Waals surface area (Å²) in [7, 11) is 8.97. The van der Waals surface area contributed by atoms with E-state index in [1.807, 2.05) is 55.4 Å². The summed E-state index contributed by atoms with van der Waals surface area (Å²) in [5, 5.41) is 0. The molecule has 0 aromatic rings. The highest BCUT2D eigenvalue weighted by atomic mass is 15.2. The highest BCUT2D eigenvalue weighted by Crippen LogP contribution is 1.97. The Labute approximate surface area is 168 Å². The van der Waals surface area contributed by atoms with Crippen molar-refractivity contribution in [3.8, 4) is 0 Å². The molecule has 26 heavy (non-hydrogen) atoms. The standard InChI is InChI=1S/C14H32N4.4C2H6/c1-15-7-5-8-17(3)13-14-18(4)10-6-9-16(2)12-11-15;4*1-2/h5-14H2,1-4H3;4*1-2H3. The first-order valence-corrected chi connectivity index (χ1v) is 11.3. The number of rotatable bonds is 0. The number of likely N-dealkylation sites (N-methyl/N-ethyl adjacent to an activating group) is 4. The molecule has 0 amide bonds. The van der Waals surface area contributed by atoms with Crippen LogP contribution in [0.25, 0.3) is 0 Å². The van der Waals surface area contributed by atoms with E-state index in [0.29, 0.717) is 0 Å². The topological polar surface area (TPSA) is 13.0 Å². The van der Waals surface area contributed by atoms with Crippen molar-refractivity contribution in [2.75, 3.05) is 80.5 Å². The molecule has 0 N–H and O–H groups in total. The minimum absolute atomic E-state index is 1.19. The van der Waals surface area contributed by atoms with Crippen LogP contribution in [0.3, 0.4) is 0 Å². The predicted octanol–water partition coefficient (Wildman–Crippen LogP) is 4.61. The van der Waals surface area contributed by atoms with E-state index in [4.69, 9.17) is 0 Å². The summed E-state index contributed by atoms with van der Waals surface area (Å²) in [6.45, 7) is 25.6. The number of hydrogen-bond donors (Lipinski definition) is 0. The van der Waals surface area contributed by atoms with E-state index in [-0.39, 0.29) is 0 Å². The van der Waals surface area contributed by atoms with Crippen molar-refractivity contribution in [2.24, 2.45) is 0 Å². The van der Waals surface area contributed by atoms with Gasteiger partial charge in [-0.05, 0) is 67.2 Å². The SMILES string of the molecule is CC.CC.CC.CC.CN1CCCN(C)CCN(C)CCCN(C)CC1. The molecule has 1 aliphatic heterocycles. The van der Waals surface area contributed by atoms with Crippen molar-refractivity contribution in [1.82, 2.24) is 19.6 Å². The molecular formula is C22H56N4. The Morgan fingerprint density at radius 1 is 0.308 bits per heavy atom. The van der Waals surface area contributed by atoms with E-state index >= 15 is 0 Å². The van der Waals surface area contributed by atoms with E-state index in [2.05, 4.69) is 47.8 Å². The zero-order valence-electron chi connectivity index (χ0n) is 20.9. The van der Waals surface area contributed by atoms with Gasteiger partial charge >= 0.3 is 0 Å². The van der Waals surface area contributed by atoms with Gasteiger partial charge in [0, 0.05) is 26.2 Å². The van der Waals surface area contributed by atoms with Crippen LogP contribution in [0.5, 0.6) is 0 Å². The monoisotopic (exact) mass is 376 g/mol. The second-order valence-electron chi connectivity index (χ2n) is 5.92. The summed E-state index contributed by atoms with van der Waals surface area (Å²) in [6.07, 6.45) is 2.56. The zero-order valence-corrected chi connectivity index (χ0v) is 20.9. The number of hydrogen-bond acceptors (Lipinski definition) is 4. The third kappa shape index (κ3) is 26.1. The van der Waals surface area contributed by atoms with Gasteiger partial charge in [0.2, 0.25) is 0 Å². The van der Waals surface area contributed by atoms with E-state index in [0.717, 1.165) is 0 Å². The lowest BCUT2D eigenvalue weighted by Crippen LogP contribution is -2.37. The Hall–Kier alpha value is -0.160. The Kier molecular flexibility index (Phi) is 38.1. The van der Waals surface area contributed by atoms with Gasteiger partial charge in [-0.25, -0.2) is 0 Å². The van der Waals surface area contributed by atoms with Crippen LogP contribution in [0.1, 0.15) is 68.2 Å². The Balaban J connectivity index is -0.000000266. The fourth-order valence-electron chi connectivity index (χ4n) is 2.35. The second kappa shape index (κ2) is 29.6. The molecule has 1 rings (SSSR count). The molecule has 0 atom stereocenters. The predicted molar refractivity (Wildman–Crippen MR) is 125 cm³/mol. The fraction of sp³-hybridized carbons (Fsp3) is 1.00. The molecule has 1 fully saturated rings.